The first kappa shape index (κ1) is 19.5. The Morgan fingerprint density at radius 2 is 1.77 bits per heavy atom. The second-order valence-corrected chi connectivity index (χ2v) is 7.74. The van der Waals surface area contributed by atoms with Crippen LogP contribution in [0.3, 0.4) is 0 Å². The maximum Gasteiger partial charge on any atom is 0.315 e. The molecule has 0 atom stereocenters. The second-order valence-electron chi connectivity index (χ2n) is 5.99. The number of urea groups is 1. The fraction of sp³-hybridized carbons (Fsp3) is 0.294. The highest BCUT2D eigenvalue weighted by molar-refractivity contribution is 7.92. The van der Waals surface area contributed by atoms with Gasteiger partial charge in [0.05, 0.1) is 11.9 Å². The van der Waals surface area contributed by atoms with Gasteiger partial charge in [-0.25, -0.2) is 18.2 Å². The van der Waals surface area contributed by atoms with Gasteiger partial charge in [0.15, 0.2) is 0 Å². The van der Waals surface area contributed by atoms with Crippen LogP contribution >= 0.6 is 0 Å². The van der Waals surface area contributed by atoms with Crippen molar-refractivity contribution in [2.45, 2.75) is 13.1 Å². The molecule has 0 aliphatic heterocycles. The second kappa shape index (κ2) is 8.52. The van der Waals surface area contributed by atoms with E-state index in [1.165, 1.54) is 0 Å². The summed E-state index contributed by atoms with van der Waals surface area (Å²) in [6.07, 6.45) is 2.79. The van der Waals surface area contributed by atoms with Crippen LogP contribution in [0.25, 0.3) is 0 Å². The molecule has 140 valence electrons. The van der Waals surface area contributed by atoms with Crippen molar-refractivity contribution in [3.05, 3.63) is 53.7 Å². The van der Waals surface area contributed by atoms with Gasteiger partial charge in [0.1, 0.15) is 5.82 Å². The van der Waals surface area contributed by atoms with E-state index in [0.29, 0.717) is 17.8 Å². The van der Waals surface area contributed by atoms with E-state index < -0.39 is 10.0 Å². The number of nitrogens with one attached hydrogen (secondary N) is 3. The Morgan fingerprint density at radius 3 is 2.38 bits per heavy atom. The number of hydrogen-bond donors (Lipinski definition) is 3. The average Bonchev–Trinajstić information content (AvgIpc) is 2.58. The number of pyridine rings is 1. The van der Waals surface area contributed by atoms with Crippen molar-refractivity contribution in [2.75, 3.05) is 30.0 Å². The van der Waals surface area contributed by atoms with Gasteiger partial charge in [-0.05, 0) is 23.3 Å². The van der Waals surface area contributed by atoms with E-state index in [2.05, 4.69) is 20.3 Å². The lowest BCUT2D eigenvalue weighted by atomic mass is 10.2. The summed E-state index contributed by atoms with van der Waals surface area (Å²) >= 11 is 0. The maximum atomic E-state index is 12.0. The largest absolute Gasteiger partial charge is 0.363 e. The summed E-state index contributed by atoms with van der Waals surface area (Å²) in [6.45, 7) is 0.540. The number of amides is 2. The molecule has 8 nitrogen and oxygen atoms in total. The molecule has 0 aliphatic carbocycles. The Bertz CT molecular complexity index is 851. The summed E-state index contributed by atoms with van der Waals surface area (Å²) in [5, 5.41) is 5.45. The van der Waals surface area contributed by atoms with E-state index in [0.717, 1.165) is 17.6 Å². The number of benzene rings is 1. The zero-order chi connectivity index (χ0) is 19.2. The van der Waals surface area contributed by atoms with Gasteiger partial charge in [0.2, 0.25) is 10.0 Å². The van der Waals surface area contributed by atoms with Gasteiger partial charge in [-0.15, -0.1) is 0 Å². The summed E-state index contributed by atoms with van der Waals surface area (Å²) in [6, 6.07) is 10.3. The monoisotopic (exact) mass is 377 g/mol. The van der Waals surface area contributed by atoms with Crippen LogP contribution in [-0.4, -0.2) is 39.8 Å². The van der Waals surface area contributed by atoms with Crippen LogP contribution in [-0.2, 0) is 23.1 Å². The molecule has 1 aromatic carbocycles. The van der Waals surface area contributed by atoms with Gasteiger partial charge < -0.3 is 15.5 Å². The molecular formula is C17H23N5O3S. The van der Waals surface area contributed by atoms with Crippen LogP contribution in [0.2, 0.25) is 0 Å². The highest BCUT2D eigenvalue weighted by Gasteiger charge is 2.08. The highest BCUT2D eigenvalue weighted by Crippen LogP contribution is 2.15. The number of para-hydroxylation sites is 1. The zero-order valence-electron chi connectivity index (χ0n) is 15.0. The maximum absolute atomic E-state index is 12.0. The molecule has 0 unspecified atom stereocenters. The van der Waals surface area contributed by atoms with Gasteiger partial charge in [-0.3, -0.25) is 4.72 Å². The Kier molecular flexibility index (Phi) is 6.40. The van der Waals surface area contributed by atoms with Crippen LogP contribution in [0.15, 0.2) is 42.6 Å². The van der Waals surface area contributed by atoms with Crippen LogP contribution in [0, 0.1) is 0 Å². The average molecular weight is 377 g/mol. The number of carbonyl (C=O) groups excluding carboxylic acids is 1. The third kappa shape index (κ3) is 6.25. The first-order chi connectivity index (χ1) is 12.2. The summed E-state index contributed by atoms with van der Waals surface area (Å²) in [4.78, 5) is 18.2. The number of sulfonamides is 1. The minimum atomic E-state index is -3.38. The predicted octanol–water partition coefficient (Wildman–Crippen LogP) is 1.52. The van der Waals surface area contributed by atoms with E-state index >= 15 is 0 Å². The predicted molar refractivity (Wildman–Crippen MR) is 103 cm³/mol. The minimum Gasteiger partial charge on any atom is -0.363 e. The van der Waals surface area contributed by atoms with Crippen molar-refractivity contribution >= 4 is 27.6 Å². The zero-order valence-corrected chi connectivity index (χ0v) is 15.8. The Morgan fingerprint density at radius 1 is 1.08 bits per heavy atom. The summed E-state index contributed by atoms with van der Waals surface area (Å²) < 4.78 is 25.2. The fourth-order valence-corrected chi connectivity index (χ4v) is 2.78. The van der Waals surface area contributed by atoms with Gasteiger partial charge >= 0.3 is 6.03 Å². The number of rotatable bonds is 7. The lowest BCUT2D eigenvalue weighted by Gasteiger charge is -2.13. The molecule has 1 heterocycles. The van der Waals surface area contributed by atoms with E-state index in [1.807, 2.05) is 31.1 Å². The quantitative estimate of drug-likeness (QED) is 0.679. The van der Waals surface area contributed by atoms with Gasteiger partial charge in [-0.2, -0.15) is 0 Å². The normalized spacial score (nSPS) is 10.9. The summed E-state index contributed by atoms with van der Waals surface area (Å²) in [5.74, 6) is 0.841. The first-order valence-electron chi connectivity index (χ1n) is 7.94. The molecule has 0 fully saturated rings. The number of aromatic nitrogens is 1. The molecule has 3 N–H and O–H groups in total. The summed E-state index contributed by atoms with van der Waals surface area (Å²) in [5.41, 5.74) is 1.99. The van der Waals surface area contributed by atoms with Crippen molar-refractivity contribution in [3.63, 3.8) is 0 Å². The van der Waals surface area contributed by atoms with Crippen LogP contribution in [0.1, 0.15) is 11.1 Å². The van der Waals surface area contributed by atoms with Gasteiger partial charge in [-0.1, -0.05) is 24.3 Å². The van der Waals surface area contributed by atoms with Gasteiger partial charge in [0, 0.05) is 33.4 Å². The molecule has 26 heavy (non-hydrogen) atoms. The Hall–Kier alpha value is -2.81. The summed E-state index contributed by atoms with van der Waals surface area (Å²) in [7, 11) is 0.431. The lowest BCUT2D eigenvalue weighted by Crippen LogP contribution is -2.34. The molecule has 2 amide bonds. The SMILES string of the molecule is CN(C)c1ccc(CNC(=O)NCc2ccccc2NS(C)(=O)=O)cn1. The van der Waals surface area contributed by atoms with Crippen molar-refractivity contribution in [2.24, 2.45) is 0 Å². The molecule has 0 aliphatic rings. The number of nitrogens with zero attached hydrogens (tertiary/aromatic N) is 2. The Labute approximate surface area is 153 Å². The van der Waals surface area contributed by atoms with E-state index in [-0.39, 0.29) is 12.6 Å². The van der Waals surface area contributed by atoms with Crippen molar-refractivity contribution < 1.29 is 13.2 Å². The molecular weight excluding hydrogens is 354 g/mol. The minimum absolute atomic E-state index is 0.197. The molecule has 0 saturated carbocycles. The fourth-order valence-electron chi connectivity index (χ4n) is 2.18. The van der Waals surface area contributed by atoms with E-state index in [1.54, 1.807) is 30.5 Å². The first-order valence-corrected chi connectivity index (χ1v) is 9.83. The Balaban J connectivity index is 1.87. The highest BCUT2D eigenvalue weighted by atomic mass is 32.2. The molecule has 0 spiro atoms. The number of carbonyl (C=O) groups is 1. The van der Waals surface area contributed by atoms with Gasteiger partial charge in [0.25, 0.3) is 0 Å². The van der Waals surface area contributed by atoms with Crippen LogP contribution in [0.4, 0.5) is 16.3 Å². The van der Waals surface area contributed by atoms with Crippen molar-refractivity contribution in [1.29, 1.82) is 0 Å². The van der Waals surface area contributed by atoms with Crippen molar-refractivity contribution in [3.8, 4) is 0 Å². The van der Waals surface area contributed by atoms with Crippen molar-refractivity contribution in [1.82, 2.24) is 15.6 Å². The molecule has 2 aromatic rings. The van der Waals surface area contributed by atoms with Crippen LogP contribution < -0.4 is 20.3 Å². The molecule has 0 saturated heterocycles. The molecule has 2 rings (SSSR count). The van der Waals surface area contributed by atoms with E-state index in [4.69, 9.17) is 0 Å². The molecule has 1 aromatic heterocycles. The molecule has 0 bridgehead atoms. The number of hydrogen-bond acceptors (Lipinski definition) is 5. The number of anilines is 2. The smallest absolute Gasteiger partial charge is 0.315 e. The molecule has 0 radical (unpaired) electrons. The third-order valence-electron chi connectivity index (χ3n) is 3.47. The molecule has 9 heteroatoms. The standard InChI is InChI=1S/C17H23N5O3S/c1-22(2)16-9-8-13(10-18-16)11-19-17(23)20-12-14-6-4-5-7-15(14)21-26(3,24)25/h4-10,21H,11-12H2,1-3H3,(H2,19,20,23). The van der Waals surface area contributed by atoms with Crippen LogP contribution in [0.5, 0.6) is 0 Å². The third-order valence-corrected chi connectivity index (χ3v) is 4.06. The lowest BCUT2D eigenvalue weighted by molar-refractivity contribution is 0.240. The topological polar surface area (TPSA) is 103 Å². The van der Waals surface area contributed by atoms with E-state index in [9.17, 15) is 13.2 Å².